The molecule has 0 aliphatic carbocycles. The first-order valence-electron chi connectivity index (χ1n) is 3.81. The van der Waals surface area contributed by atoms with Gasteiger partial charge in [0, 0.05) is 19.0 Å². The van der Waals surface area contributed by atoms with Gasteiger partial charge in [-0.3, -0.25) is 4.99 Å². The highest BCUT2D eigenvalue weighted by atomic mass is 15.2. The maximum absolute atomic E-state index is 4.21. The predicted octanol–water partition coefficient (Wildman–Crippen LogP) is 1.64. The highest BCUT2D eigenvalue weighted by Crippen LogP contribution is 2.05. The standard InChI is InChI=1S/C8H14N2/c1-3-8-5-9-7-10(4-2)6-8/h5-6H,3-4,7H2,1-2H3. The molecule has 0 radical (unpaired) electrons. The van der Waals surface area contributed by atoms with Crippen LogP contribution in [0.4, 0.5) is 0 Å². The Morgan fingerprint density at radius 2 is 2.40 bits per heavy atom. The van der Waals surface area contributed by atoms with Gasteiger partial charge in [0.25, 0.3) is 0 Å². The van der Waals surface area contributed by atoms with Gasteiger partial charge in [0.2, 0.25) is 0 Å². The molecule has 0 bridgehead atoms. The van der Waals surface area contributed by atoms with Crippen LogP contribution in [-0.2, 0) is 0 Å². The van der Waals surface area contributed by atoms with E-state index in [9.17, 15) is 0 Å². The minimum absolute atomic E-state index is 0.833. The first kappa shape index (κ1) is 7.32. The summed E-state index contributed by atoms with van der Waals surface area (Å²) in [7, 11) is 0. The van der Waals surface area contributed by atoms with Gasteiger partial charge in [-0.15, -0.1) is 0 Å². The van der Waals surface area contributed by atoms with Crippen molar-refractivity contribution in [1.82, 2.24) is 4.90 Å². The van der Waals surface area contributed by atoms with Crippen molar-refractivity contribution < 1.29 is 0 Å². The van der Waals surface area contributed by atoms with E-state index < -0.39 is 0 Å². The number of rotatable bonds is 2. The van der Waals surface area contributed by atoms with Crippen LogP contribution in [0.3, 0.4) is 0 Å². The number of hydrogen-bond acceptors (Lipinski definition) is 2. The van der Waals surface area contributed by atoms with Crippen molar-refractivity contribution >= 4 is 6.21 Å². The minimum Gasteiger partial charge on any atom is -0.358 e. The Bertz CT molecular complexity index is 159. The van der Waals surface area contributed by atoms with Crippen LogP contribution in [0.15, 0.2) is 16.8 Å². The second-order valence-electron chi connectivity index (χ2n) is 2.42. The molecule has 1 rings (SSSR count). The fourth-order valence-electron chi connectivity index (χ4n) is 0.945. The van der Waals surface area contributed by atoms with Gasteiger partial charge >= 0.3 is 0 Å². The van der Waals surface area contributed by atoms with E-state index in [1.807, 2.05) is 6.21 Å². The molecule has 0 saturated carbocycles. The van der Waals surface area contributed by atoms with Crippen molar-refractivity contribution in [2.45, 2.75) is 20.3 Å². The smallest absolute Gasteiger partial charge is 0.109 e. The Kier molecular flexibility index (Phi) is 2.49. The maximum Gasteiger partial charge on any atom is 0.109 e. The second kappa shape index (κ2) is 3.40. The number of nitrogens with zero attached hydrogens (tertiary/aromatic N) is 2. The lowest BCUT2D eigenvalue weighted by molar-refractivity contribution is 0.403. The molecule has 0 spiro atoms. The van der Waals surface area contributed by atoms with Crippen LogP contribution in [-0.4, -0.2) is 24.3 Å². The molecule has 0 saturated heterocycles. The lowest BCUT2D eigenvalue weighted by Crippen LogP contribution is -2.20. The van der Waals surface area contributed by atoms with E-state index in [1.54, 1.807) is 0 Å². The molecule has 0 amide bonds. The molecule has 1 aliphatic rings. The first-order chi connectivity index (χ1) is 4.86. The molecule has 0 atom stereocenters. The highest BCUT2D eigenvalue weighted by molar-refractivity contribution is 5.78. The topological polar surface area (TPSA) is 15.6 Å². The molecule has 0 fully saturated rings. The molecular weight excluding hydrogens is 124 g/mol. The second-order valence-corrected chi connectivity index (χ2v) is 2.42. The Morgan fingerprint density at radius 1 is 1.60 bits per heavy atom. The Balaban J connectivity index is 2.56. The largest absolute Gasteiger partial charge is 0.358 e. The van der Waals surface area contributed by atoms with E-state index >= 15 is 0 Å². The normalized spacial score (nSPS) is 17.4. The molecule has 2 heteroatoms. The zero-order valence-corrected chi connectivity index (χ0v) is 6.67. The van der Waals surface area contributed by atoms with Crippen molar-refractivity contribution in [2.75, 3.05) is 13.2 Å². The van der Waals surface area contributed by atoms with Crippen molar-refractivity contribution in [3.05, 3.63) is 11.8 Å². The van der Waals surface area contributed by atoms with Gasteiger partial charge in [0.05, 0.1) is 0 Å². The average molecular weight is 138 g/mol. The van der Waals surface area contributed by atoms with Crippen molar-refractivity contribution in [3.8, 4) is 0 Å². The predicted molar refractivity (Wildman–Crippen MR) is 44.1 cm³/mol. The van der Waals surface area contributed by atoms with Crippen molar-refractivity contribution in [3.63, 3.8) is 0 Å². The SMILES string of the molecule is CCC1=CN(CC)CN=C1. The molecule has 0 aromatic heterocycles. The number of allylic oxidation sites excluding steroid dienone is 1. The molecule has 10 heavy (non-hydrogen) atoms. The van der Waals surface area contributed by atoms with Crippen LogP contribution < -0.4 is 0 Å². The molecule has 0 N–H and O–H groups in total. The monoisotopic (exact) mass is 138 g/mol. The van der Waals surface area contributed by atoms with Crippen LogP contribution >= 0.6 is 0 Å². The van der Waals surface area contributed by atoms with Gasteiger partial charge in [-0.05, 0) is 18.9 Å². The summed E-state index contributed by atoms with van der Waals surface area (Å²) in [5.74, 6) is 0. The van der Waals surface area contributed by atoms with Gasteiger partial charge in [0.15, 0.2) is 0 Å². The molecule has 56 valence electrons. The Morgan fingerprint density at radius 3 is 3.00 bits per heavy atom. The van der Waals surface area contributed by atoms with E-state index in [0.29, 0.717) is 0 Å². The zero-order chi connectivity index (χ0) is 7.40. The van der Waals surface area contributed by atoms with E-state index in [-0.39, 0.29) is 0 Å². The van der Waals surface area contributed by atoms with Crippen LogP contribution in [0.5, 0.6) is 0 Å². The van der Waals surface area contributed by atoms with E-state index in [1.165, 1.54) is 5.57 Å². The lowest BCUT2D eigenvalue weighted by Gasteiger charge is -2.19. The third-order valence-electron chi connectivity index (χ3n) is 1.68. The van der Waals surface area contributed by atoms with E-state index in [2.05, 4.69) is 29.9 Å². The zero-order valence-electron chi connectivity index (χ0n) is 6.67. The summed E-state index contributed by atoms with van der Waals surface area (Å²) in [6.07, 6.45) is 5.24. The van der Waals surface area contributed by atoms with E-state index in [4.69, 9.17) is 0 Å². The van der Waals surface area contributed by atoms with Gasteiger partial charge in [-0.25, -0.2) is 0 Å². The van der Waals surface area contributed by atoms with Crippen LogP contribution in [0, 0.1) is 0 Å². The molecule has 0 aromatic rings. The summed E-state index contributed by atoms with van der Waals surface area (Å²) in [5.41, 5.74) is 1.33. The Labute approximate surface area is 62.3 Å². The Hall–Kier alpha value is -0.790. The van der Waals surface area contributed by atoms with Crippen molar-refractivity contribution in [1.29, 1.82) is 0 Å². The maximum atomic E-state index is 4.21. The molecule has 1 aliphatic heterocycles. The third-order valence-corrected chi connectivity index (χ3v) is 1.68. The summed E-state index contributed by atoms with van der Waals surface area (Å²) >= 11 is 0. The van der Waals surface area contributed by atoms with Gasteiger partial charge < -0.3 is 4.90 Å². The average Bonchev–Trinajstić information content (AvgIpc) is 2.05. The number of aliphatic imine (C=N–C) groups is 1. The van der Waals surface area contributed by atoms with Gasteiger partial charge in [0.1, 0.15) is 6.67 Å². The lowest BCUT2D eigenvalue weighted by atomic mass is 10.2. The number of hydrogen-bond donors (Lipinski definition) is 0. The molecule has 1 heterocycles. The quantitative estimate of drug-likeness (QED) is 0.566. The minimum atomic E-state index is 0.833. The fourth-order valence-corrected chi connectivity index (χ4v) is 0.945. The first-order valence-corrected chi connectivity index (χ1v) is 3.81. The van der Waals surface area contributed by atoms with Crippen LogP contribution in [0.2, 0.25) is 0 Å². The molecule has 0 unspecified atom stereocenters. The van der Waals surface area contributed by atoms with Crippen molar-refractivity contribution in [2.24, 2.45) is 4.99 Å². The highest BCUT2D eigenvalue weighted by Gasteiger charge is 2.00. The molecule has 0 aromatic carbocycles. The van der Waals surface area contributed by atoms with Crippen LogP contribution in [0.1, 0.15) is 20.3 Å². The van der Waals surface area contributed by atoms with Crippen LogP contribution in [0.25, 0.3) is 0 Å². The fraction of sp³-hybridized carbons (Fsp3) is 0.625. The summed E-state index contributed by atoms with van der Waals surface area (Å²) in [5, 5.41) is 0. The summed E-state index contributed by atoms with van der Waals surface area (Å²) in [4.78, 5) is 6.42. The summed E-state index contributed by atoms with van der Waals surface area (Å²) < 4.78 is 0. The summed E-state index contributed by atoms with van der Waals surface area (Å²) in [6.45, 7) is 6.18. The third kappa shape index (κ3) is 1.59. The molecule has 2 nitrogen and oxygen atoms in total. The van der Waals surface area contributed by atoms with Gasteiger partial charge in [-0.2, -0.15) is 0 Å². The van der Waals surface area contributed by atoms with Gasteiger partial charge in [-0.1, -0.05) is 6.92 Å². The molecular formula is C8H14N2. The van der Waals surface area contributed by atoms with E-state index in [0.717, 1.165) is 19.6 Å². The summed E-state index contributed by atoms with van der Waals surface area (Å²) in [6, 6.07) is 0.